The molecule has 0 aliphatic rings. The van der Waals surface area contributed by atoms with Gasteiger partial charge in [0.25, 0.3) is 0 Å². The summed E-state index contributed by atoms with van der Waals surface area (Å²) in [6.45, 7) is 4.15. The molecule has 0 bridgehead atoms. The SMILES string of the molecule is CCCCCN(C)c1nc2ccccc2cc1CNC. The number of nitrogens with one attached hydrogen (secondary N) is 1. The van der Waals surface area contributed by atoms with Gasteiger partial charge >= 0.3 is 0 Å². The Hall–Kier alpha value is -1.61. The lowest BCUT2D eigenvalue weighted by molar-refractivity contribution is 0.697. The second-order valence-electron chi connectivity index (χ2n) is 5.32. The van der Waals surface area contributed by atoms with Gasteiger partial charge in [0.1, 0.15) is 5.82 Å². The van der Waals surface area contributed by atoms with E-state index in [1.54, 1.807) is 0 Å². The average Bonchev–Trinajstić information content (AvgIpc) is 2.47. The molecule has 1 aromatic carbocycles. The van der Waals surface area contributed by atoms with Gasteiger partial charge < -0.3 is 10.2 Å². The Kier molecular flexibility index (Phi) is 5.36. The number of nitrogens with zero attached hydrogens (tertiary/aromatic N) is 2. The van der Waals surface area contributed by atoms with Gasteiger partial charge in [-0.1, -0.05) is 38.0 Å². The molecule has 3 nitrogen and oxygen atoms in total. The Labute approximate surface area is 122 Å². The van der Waals surface area contributed by atoms with Crippen molar-refractivity contribution >= 4 is 16.7 Å². The molecule has 1 N–H and O–H groups in total. The van der Waals surface area contributed by atoms with Gasteiger partial charge in [-0.2, -0.15) is 0 Å². The number of para-hydroxylation sites is 1. The summed E-state index contributed by atoms with van der Waals surface area (Å²) in [7, 11) is 4.13. The predicted octanol–water partition coefficient (Wildman–Crippen LogP) is 3.58. The highest BCUT2D eigenvalue weighted by Gasteiger charge is 2.10. The number of fused-ring (bicyclic) bond motifs is 1. The molecule has 0 spiro atoms. The quantitative estimate of drug-likeness (QED) is 0.780. The van der Waals surface area contributed by atoms with E-state index < -0.39 is 0 Å². The molecule has 0 saturated heterocycles. The molecule has 108 valence electrons. The van der Waals surface area contributed by atoms with E-state index in [0.717, 1.165) is 24.4 Å². The van der Waals surface area contributed by atoms with Gasteiger partial charge in [-0.25, -0.2) is 4.98 Å². The molecule has 0 aliphatic carbocycles. The van der Waals surface area contributed by atoms with Gasteiger partial charge in [-0.3, -0.25) is 0 Å². The van der Waals surface area contributed by atoms with Crippen LogP contribution in [0.15, 0.2) is 30.3 Å². The van der Waals surface area contributed by atoms with Crippen molar-refractivity contribution in [3.8, 4) is 0 Å². The minimum Gasteiger partial charge on any atom is -0.359 e. The van der Waals surface area contributed by atoms with E-state index in [-0.39, 0.29) is 0 Å². The summed E-state index contributed by atoms with van der Waals surface area (Å²) in [5, 5.41) is 4.46. The van der Waals surface area contributed by atoms with Crippen molar-refractivity contribution in [3.63, 3.8) is 0 Å². The molecule has 3 heteroatoms. The fourth-order valence-corrected chi connectivity index (χ4v) is 2.51. The number of hydrogen-bond donors (Lipinski definition) is 1. The van der Waals surface area contributed by atoms with Crippen LogP contribution in [0.2, 0.25) is 0 Å². The van der Waals surface area contributed by atoms with Crippen LogP contribution in [0.3, 0.4) is 0 Å². The molecule has 2 aromatic rings. The lowest BCUT2D eigenvalue weighted by Gasteiger charge is -2.22. The molecule has 0 aliphatic heterocycles. The van der Waals surface area contributed by atoms with Crippen LogP contribution in [0.5, 0.6) is 0 Å². The molecule has 0 fully saturated rings. The highest BCUT2D eigenvalue weighted by molar-refractivity contribution is 5.81. The molecule has 0 atom stereocenters. The second kappa shape index (κ2) is 7.25. The van der Waals surface area contributed by atoms with Crippen LogP contribution in [0, 0.1) is 0 Å². The van der Waals surface area contributed by atoms with E-state index in [4.69, 9.17) is 4.98 Å². The minimum atomic E-state index is 0.852. The summed E-state index contributed by atoms with van der Waals surface area (Å²) < 4.78 is 0. The van der Waals surface area contributed by atoms with Crippen LogP contribution < -0.4 is 10.2 Å². The first kappa shape index (κ1) is 14.8. The monoisotopic (exact) mass is 271 g/mol. The van der Waals surface area contributed by atoms with Crippen molar-refractivity contribution in [2.75, 3.05) is 25.5 Å². The maximum absolute atomic E-state index is 4.86. The third kappa shape index (κ3) is 3.48. The third-order valence-electron chi connectivity index (χ3n) is 3.61. The molecule has 1 aromatic heterocycles. The molecule has 20 heavy (non-hydrogen) atoms. The number of rotatable bonds is 7. The number of aromatic nitrogens is 1. The number of anilines is 1. The molecule has 0 saturated carbocycles. The molecule has 0 unspecified atom stereocenters. The Morgan fingerprint density at radius 1 is 1.20 bits per heavy atom. The van der Waals surface area contributed by atoms with Crippen molar-refractivity contribution in [2.24, 2.45) is 0 Å². The number of hydrogen-bond acceptors (Lipinski definition) is 3. The topological polar surface area (TPSA) is 28.2 Å². The van der Waals surface area contributed by atoms with Crippen LogP contribution in [0.1, 0.15) is 31.7 Å². The van der Waals surface area contributed by atoms with E-state index in [2.05, 4.69) is 48.5 Å². The van der Waals surface area contributed by atoms with Crippen LogP contribution in [0.25, 0.3) is 10.9 Å². The first-order chi connectivity index (χ1) is 9.76. The zero-order valence-electron chi connectivity index (χ0n) is 12.8. The van der Waals surface area contributed by atoms with Crippen molar-refractivity contribution < 1.29 is 0 Å². The Morgan fingerprint density at radius 3 is 2.75 bits per heavy atom. The summed E-state index contributed by atoms with van der Waals surface area (Å²) in [5.74, 6) is 1.11. The largest absolute Gasteiger partial charge is 0.359 e. The molecule has 0 radical (unpaired) electrons. The van der Waals surface area contributed by atoms with Crippen molar-refractivity contribution in [1.29, 1.82) is 0 Å². The Morgan fingerprint density at radius 2 is 2.00 bits per heavy atom. The summed E-state index contributed by atoms with van der Waals surface area (Å²) >= 11 is 0. The number of benzene rings is 1. The van der Waals surface area contributed by atoms with Gasteiger partial charge in [0.2, 0.25) is 0 Å². The normalized spacial score (nSPS) is 10.9. The van der Waals surface area contributed by atoms with E-state index in [0.29, 0.717) is 0 Å². The van der Waals surface area contributed by atoms with Crippen LogP contribution in [-0.2, 0) is 6.54 Å². The van der Waals surface area contributed by atoms with Crippen LogP contribution in [0.4, 0.5) is 5.82 Å². The Balaban J connectivity index is 2.30. The van der Waals surface area contributed by atoms with E-state index in [1.165, 1.54) is 30.2 Å². The number of pyridine rings is 1. The lowest BCUT2D eigenvalue weighted by Crippen LogP contribution is -2.22. The molecule has 1 heterocycles. The first-order valence-corrected chi connectivity index (χ1v) is 7.50. The van der Waals surface area contributed by atoms with Crippen molar-refractivity contribution in [2.45, 2.75) is 32.7 Å². The average molecular weight is 271 g/mol. The van der Waals surface area contributed by atoms with Gasteiger partial charge in [0.15, 0.2) is 0 Å². The third-order valence-corrected chi connectivity index (χ3v) is 3.61. The second-order valence-corrected chi connectivity index (χ2v) is 5.32. The zero-order chi connectivity index (χ0) is 14.4. The minimum absolute atomic E-state index is 0.852. The molecule has 0 amide bonds. The fraction of sp³-hybridized carbons (Fsp3) is 0.471. The number of unbranched alkanes of at least 4 members (excludes halogenated alkanes) is 2. The summed E-state index contributed by atoms with van der Waals surface area (Å²) in [4.78, 5) is 7.14. The summed E-state index contributed by atoms with van der Waals surface area (Å²) in [6, 6.07) is 10.6. The van der Waals surface area contributed by atoms with Crippen LogP contribution >= 0.6 is 0 Å². The Bertz CT molecular complexity index is 551. The van der Waals surface area contributed by atoms with Crippen LogP contribution in [-0.4, -0.2) is 25.6 Å². The highest BCUT2D eigenvalue weighted by atomic mass is 15.2. The van der Waals surface area contributed by atoms with E-state index >= 15 is 0 Å². The molecular formula is C17H25N3. The van der Waals surface area contributed by atoms with Crippen molar-refractivity contribution in [1.82, 2.24) is 10.3 Å². The first-order valence-electron chi connectivity index (χ1n) is 7.50. The van der Waals surface area contributed by atoms with E-state index in [1.807, 2.05) is 13.1 Å². The van der Waals surface area contributed by atoms with Gasteiger partial charge in [-0.15, -0.1) is 0 Å². The van der Waals surface area contributed by atoms with E-state index in [9.17, 15) is 0 Å². The van der Waals surface area contributed by atoms with Gasteiger partial charge in [0.05, 0.1) is 5.52 Å². The standard InChI is InChI=1S/C17H25N3/c1-4-5-8-11-20(3)17-15(13-18-2)12-14-9-6-7-10-16(14)19-17/h6-7,9-10,12,18H,4-5,8,11,13H2,1-3H3. The molecule has 2 rings (SSSR count). The maximum atomic E-state index is 4.86. The molecular weight excluding hydrogens is 246 g/mol. The smallest absolute Gasteiger partial charge is 0.133 e. The predicted molar refractivity (Wildman–Crippen MR) is 87.3 cm³/mol. The fourth-order valence-electron chi connectivity index (χ4n) is 2.51. The summed E-state index contributed by atoms with van der Waals surface area (Å²) in [6.07, 6.45) is 3.75. The van der Waals surface area contributed by atoms with Gasteiger partial charge in [0, 0.05) is 31.1 Å². The highest BCUT2D eigenvalue weighted by Crippen LogP contribution is 2.23. The lowest BCUT2D eigenvalue weighted by atomic mass is 10.1. The van der Waals surface area contributed by atoms with Gasteiger partial charge in [-0.05, 0) is 25.6 Å². The van der Waals surface area contributed by atoms with Crippen molar-refractivity contribution in [3.05, 3.63) is 35.9 Å². The zero-order valence-corrected chi connectivity index (χ0v) is 12.8. The maximum Gasteiger partial charge on any atom is 0.133 e. The summed E-state index contributed by atoms with van der Waals surface area (Å²) in [5.41, 5.74) is 2.34.